The minimum absolute atomic E-state index is 0.0159. The van der Waals surface area contributed by atoms with Crippen LogP contribution in [0.4, 0.5) is 5.95 Å². The summed E-state index contributed by atoms with van der Waals surface area (Å²) >= 11 is 0. The van der Waals surface area contributed by atoms with Gasteiger partial charge in [0.05, 0.1) is 0 Å². The Hall–Kier alpha value is -1.85. The molecule has 2 rings (SSSR count). The molecule has 0 radical (unpaired) electrons. The van der Waals surface area contributed by atoms with Crippen LogP contribution in [0.25, 0.3) is 0 Å². The Bertz CT molecular complexity index is 502. The third-order valence-corrected chi connectivity index (χ3v) is 3.98. The fourth-order valence-electron chi connectivity index (χ4n) is 2.81. The van der Waals surface area contributed by atoms with E-state index in [1.165, 1.54) is 12.8 Å². The zero-order chi connectivity index (χ0) is 14.7. The molecular formula is C14H23N5O. The normalized spacial score (nSPS) is 23.6. The summed E-state index contributed by atoms with van der Waals surface area (Å²) in [6.07, 6.45) is 4.87. The lowest BCUT2D eigenvalue weighted by Crippen LogP contribution is -2.37. The van der Waals surface area contributed by atoms with Crippen LogP contribution in [-0.4, -0.2) is 34.1 Å². The van der Waals surface area contributed by atoms with E-state index < -0.39 is 0 Å². The van der Waals surface area contributed by atoms with E-state index in [0.29, 0.717) is 17.7 Å². The first kappa shape index (κ1) is 14.6. The molecule has 20 heavy (non-hydrogen) atoms. The highest BCUT2D eigenvalue weighted by Gasteiger charge is 2.24. The SMILES string of the molecule is Cc1cc(/C(N)=N/O)nc(N(C)C2CCCC(C)C2)n1. The molecule has 1 aromatic heterocycles. The number of oxime groups is 1. The fraction of sp³-hybridized carbons (Fsp3) is 0.643. The van der Waals surface area contributed by atoms with Crippen molar-refractivity contribution in [1.29, 1.82) is 0 Å². The maximum atomic E-state index is 8.78. The van der Waals surface area contributed by atoms with E-state index in [9.17, 15) is 0 Å². The van der Waals surface area contributed by atoms with Gasteiger partial charge in [-0.15, -0.1) is 0 Å². The molecule has 0 amide bonds. The number of rotatable bonds is 3. The molecule has 0 bridgehead atoms. The van der Waals surface area contributed by atoms with Crippen LogP contribution in [0.5, 0.6) is 0 Å². The summed E-state index contributed by atoms with van der Waals surface area (Å²) in [5, 5.41) is 11.8. The fourth-order valence-corrected chi connectivity index (χ4v) is 2.81. The van der Waals surface area contributed by atoms with E-state index in [2.05, 4.69) is 26.9 Å². The number of amidine groups is 1. The van der Waals surface area contributed by atoms with E-state index >= 15 is 0 Å². The number of hydrogen-bond donors (Lipinski definition) is 2. The topological polar surface area (TPSA) is 87.6 Å². The molecule has 2 unspecified atom stereocenters. The van der Waals surface area contributed by atoms with Gasteiger partial charge in [-0.2, -0.15) is 0 Å². The number of nitrogens with zero attached hydrogens (tertiary/aromatic N) is 4. The van der Waals surface area contributed by atoms with Gasteiger partial charge in [0.25, 0.3) is 0 Å². The summed E-state index contributed by atoms with van der Waals surface area (Å²) in [6.45, 7) is 4.18. The molecule has 3 N–H and O–H groups in total. The van der Waals surface area contributed by atoms with Gasteiger partial charge in [-0.3, -0.25) is 0 Å². The van der Waals surface area contributed by atoms with Crippen molar-refractivity contribution >= 4 is 11.8 Å². The van der Waals surface area contributed by atoms with Crippen LogP contribution in [0.3, 0.4) is 0 Å². The Labute approximate surface area is 119 Å². The van der Waals surface area contributed by atoms with Crippen LogP contribution in [0.1, 0.15) is 44.0 Å². The number of anilines is 1. The maximum absolute atomic E-state index is 8.78. The van der Waals surface area contributed by atoms with Crippen LogP contribution in [0, 0.1) is 12.8 Å². The Morgan fingerprint density at radius 2 is 2.20 bits per heavy atom. The van der Waals surface area contributed by atoms with Crippen molar-refractivity contribution in [3.63, 3.8) is 0 Å². The van der Waals surface area contributed by atoms with Crippen molar-refractivity contribution in [2.45, 2.75) is 45.6 Å². The van der Waals surface area contributed by atoms with Gasteiger partial charge in [-0.25, -0.2) is 9.97 Å². The highest BCUT2D eigenvalue weighted by atomic mass is 16.4. The van der Waals surface area contributed by atoms with Crippen LogP contribution in [-0.2, 0) is 0 Å². The van der Waals surface area contributed by atoms with Gasteiger partial charge in [0.15, 0.2) is 5.84 Å². The van der Waals surface area contributed by atoms with Crippen LogP contribution in [0.2, 0.25) is 0 Å². The number of hydrogen-bond acceptors (Lipinski definition) is 5. The van der Waals surface area contributed by atoms with Crippen LogP contribution in [0.15, 0.2) is 11.2 Å². The highest BCUT2D eigenvalue weighted by Crippen LogP contribution is 2.28. The number of aromatic nitrogens is 2. The zero-order valence-electron chi connectivity index (χ0n) is 12.4. The summed E-state index contributed by atoms with van der Waals surface area (Å²) in [4.78, 5) is 11.0. The molecule has 1 heterocycles. The van der Waals surface area contributed by atoms with E-state index in [-0.39, 0.29) is 5.84 Å². The Morgan fingerprint density at radius 1 is 1.45 bits per heavy atom. The Balaban J connectivity index is 2.25. The van der Waals surface area contributed by atoms with Gasteiger partial charge >= 0.3 is 0 Å². The summed E-state index contributed by atoms with van der Waals surface area (Å²) in [5.41, 5.74) is 6.90. The molecule has 110 valence electrons. The Kier molecular flexibility index (Phi) is 4.42. The van der Waals surface area contributed by atoms with Crippen LogP contribution >= 0.6 is 0 Å². The third kappa shape index (κ3) is 3.18. The van der Waals surface area contributed by atoms with Crippen molar-refractivity contribution in [2.75, 3.05) is 11.9 Å². The molecule has 6 nitrogen and oxygen atoms in total. The first-order valence-electron chi connectivity index (χ1n) is 7.07. The first-order valence-corrected chi connectivity index (χ1v) is 7.07. The quantitative estimate of drug-likeness (QED) is 0.381. The van der Waals surface area contributed by atoms with Crippen molar-refractivity contribution in [3.05, 3.63) is 17.5 Å². The molecule has 1 fully saturated rings. The van der Waals surface area contributed by atoms with Crippen molar-refractivity contribution in [2.24, 2.45) is 16.8 Å². The maximum Gasteiger partial charge on any atom is 0.226 e. The largest absolute Gasteiger partial charge is 0.409 e. The van der Waals surface area contributed by atoms with Crippen LogP contribution < -0.4 is 10.6 Å². The smallest absolute Gasteiger partial charge is 0.226 e. The third-order valence-electron chi connectivity index (χ3n) is 3.98. The molecule has 2 atom stereocenters. The minimum Gasteiger partial charge on any atom is -0.409 e. The summed E-state index contributed by atoms with van der Waals surface area (Å²) in [5.74, 6) is 1.40. The van der Waals surface area contributed by atoms with E-state index in [0.717, 1.165) is 24.5 Å². The zero-order valence-corrected chi connectivity index (χ0v) is 12.4. The van der Waals surface area contributed by atoms with Gasteiger partial charge in [-0.05, 0) is 31.7 Å². The minimum atomic E-state index is 0.0159. The van der Waals surface area contributed by atoms with Crippen molar-refractivity contribution in [1.82, 2.24) is 9.97 Å². The van der Waals surface area contributed by atoms with Gasteiger partial charge in [-0.1, -0.05) is 24.9 Å². The van der Waals surface area contributed by atoms with Gasteiger partial charge in [0.2, 0.25) is 5.95 Å². The molecular weight excluding hydrogens is 254 g/mol. The molecule has 0 aromatic carbocycles. The highest BCUT2D eigenvalue weighted by molar-refractivity contribution is 5.95. The monoisotopic (exact) mass is 277 g/mol. The first-order chi connectivity index (χ1) is 9.51. The molecule has 1 aromatic rings. The molecule has 1 aliphatic rings. The second-order valence-corrected chi connectivity index (χ2v) is 5.72. The predicted octanol–water partition coefficient (Wildman–Crippen LogP) is 1.89. The molecule has 6 heteroatoms. The van der Waals surface area contributed by atoms with E-state index in [1.807, 2.05) is 14.0 Å². The molecule has 1 aliphatic carbocycles. The number of nitrogens with two attached hydrogens (primary N) is 1. The summed E-state index contributed by atoms with van der Waals surface area (Å²) < 4.78 is 0. The second-order valence-electron chi connectivity index (χ2n) is 5.72. The van der Waals surface area contributed by atoms with Crippen molar-refractivity contribution in [3.8, 4) is 0 Å². The van der Waals surface area contributed by atoms with E-state index in [4.69, 9.17) is 10.9 Å². The molecule has 1 saturated carbocycles. The number of aryl methyl sites for hydroxylation is 1. The van der Waals surface area contributed by atoms with Gasteiger partial charge < -0.3 is 15.8 Å². The van der Waals surface area contributed by atoms with Crippen molar-refractivity contribution < 1.29 is 5.21 Å². The van der Waals surface area contributed by atoms with Gasteiger partial charge in [0, 0.05) is 18.8 Å². The Morgan fingerprint density at radius 3 is 2.85 bits per heavy atom. The van der Waals surface area contributed by atoms with E-state index in [1.54, 1.807) is 6.07 Å². The average molecular weight is 277 g/mol. The summed E-state index contributed by atoms with van der Waals surface area (Å²) in [7, 11) is 2.02. The predicted molar refractivity (Wildman–Crippen MR) is 79.1 cm³/mol. The molecule has 0 aliphatic heterocycles. The summed E-state index contributed by atoms with van der Waals surface area (Å²) in [6, 6.07) is 2.18. The molecule has 0 saturated heterocycles. The second kappa shape index (κ2) is 6.07. The lowest BCUT2D eigenvalue weighted by atomic mass is 9.86. The lowest BCUT2D eigenvalue weighted by molar-refractivity contribution is 0.318. The molecule has 0 spiro atoms. The standard InChI is InChI=1S/C14H23N5O/c1-9-5-4-6-11(7-9)19(3)14-16-10(2)8-12(17-14)13(15)18-20/h8-9,11,20H,4-7H2,1-3H3,(H2,15,18). The lowest BCUT2D eigenvalue weighted by Gasteiger charge is -2.34. The average Bonchev–Trinajstić information content (AvgIpc) is 2.45. The van der Waals surface area contributed by atoms with Gasteiger partial charge in [0.1, 0.15) is 5.69 Å².